The molecule has 0 radical (unpaired) electrons. The molecular formula is C35H27BrFN3O4S. The first-order valence-electron chi connectivity index (χ1n) is 13.8. The van der Waals surface area contributed by atoms with Gasteiger partial charge in [-0.15, -0.1) is 11.8 Å². The van der Waals surface area contributed by atoms with Crippen molar-refractivity contribution in [1.29, 1.82) is 0 Å². The Bertz CT molecular complexity index is 1840. The third kappa shape index (κ3) is 8.59. The molecule has 4 aromatic carbocycles. The van der Waals surface area contributed by atoms with Gasteiger partial charge in [0.1, 0.15) is 23.0 Å². The SMILES string of the molecule is CC(Sc1ccc(NC(=O)C(=Cc2ccc(-c3ccccc3)o2)NC(=O)c2ccccc2)cc1)C(=O)Nc1ccc(Br)cc1F. The van der Waals surface area contributed by atoms with Gasteiger partial charge in [-0.2, -0.15) is 0 Å². The molecule has 0 aliphatic heterocycles. The minimum atomic E-state index is -0.554. The highest BCUT2D eigenvalue weighted by Gasteiger charge is 2.18. The normalized spacial score (nSPS) is 11.8. The highest BCUT2D eigenvalue weighted by Crippen LogP contribution is 2.27. The predicted octanol–water partition coefficient (Wildman–Crippen LogP) is 8.38. The van der Waals surface area contributed by atoms with Crippen LogP contribution in [0.3, 0.4) is 0 Å². The van der Waals surface area contributed by atoms with E-state index in [1.165, 1.54) is 30.0 Å². The summed E-state index contributed by atoms with van der Waals surface area (Å²) in [5, 5.41) is 7.59. The minimum Gasteiger partial charge on any atom is -0.457 e. The van der Waals surface area contributed by atoms with Crippen molar-refractivity contribution in [3.63, 3.8) is 0 Å². The molecule has 0 bridgehead atoms. The topological polar surface area (TPSA) is 100 Å². The first-order chi connectivity index (χ1) is 21.7. The molecule has 7 nitrogen and oxygen atoms in total. The molecular weight excluding hydrogens is 657 g/mol. The lowest BCUT2D eigenvalue weighted by Crippen LogP contribution is -2.30. The number of nitrogens with one attached hydrogen (secondary N) is 3. The number of carbonyl (C=O) groups is 3. The number of anilines is 2. The number of furan rings is 1. The molecule has 0 fully saturated rings. The molecule has 3 amide bonds. The molecule has 1 heterocycles. The van der Waals surface area contributed by atoms with Crippen LogP contribution in [0.15, 0.2) is 135 Å². The van der Waals surface area contributed by atoms with E-state index >= 15 is 0 Å². The van der Waals surface area contributed by atoms with Crippen molar-refractivity contribution in [3.8, 4) is 11.3 Å². The monoisotopic (exact) mass is 683 g/mol. The van der Waals surface area contributed by atoms with Crippen LogP contribution in [0.5, 0.6) is 0 Å². The number of halogens is 2. The van der Waals surface area contributed by atoms with Crippen LogP contribution in [0.25, 0.3) is 17.4 Å². The highest BCUT2D eigenvalue weighted by molar-refractivity contribution is 9.10. The summed E-state index contributed by atoms with van der Waals surface area (Å²) in [6, 6.07) is 32.9. The van der Waals surface area contributed by atoms with Gasteiger partial charge in [-0.25, -0.2) is 4.39 Å². The number of hydrogen-bond donors (Lipinski definition) is 3. The van der Waals surface area contributed by atoms with Crippen molar-refractivity contribution in [2.75, 3.05) is 10.6 Å². The van der Waals surface area contributed by atoms with E-state index in [0.29, 0.717) is 27.2 Å². The fourth-order valence-corrected chi connectivity index (χ4v) is 5.37. The van der Waals surface area contributed by atoms with Crippen molar-refractivity contribution in [1.82, 2.24) is 5.32 Å². The molecule has 0 aliphatic carbocycles. The summed E-state index contributed by atoms with van der Waals surface area (Å²) < 4.78 is 20.7. The smallest absolute Gasteiger partial charge is 0.272 e. The largest absolute Gasteiger partial charge is 0.457 e. The number of benzene rings is 4. The van der Waals surface area contributed by atoms with Crippen LogP contribution in [-0.2, 0) is 9.59 Å². The van der Waals surface area contributed by atoms with Gasteiger partial charge in [0.05, 0.1) is 10.9 Å². The van der Waals surface area contributed by atoms with Crippen LogP contribution in [0, 0.1) is 5.82 Å². The lowest BCUT2D eigenvalue weighted by molar-refractivity contribution is -0.115. The molecule has 10 heteroatoms. The third-order valence-corrected chi connectivity index (χ3v) is 8.09. The molecule has 0 saturated carbocycles. The van der Waals surface area contributed by atoms with Gasteiger partial charge in [-0.1, -0.05) is 64.5 Å². The molecule has 1 atom stereocenters. The van der Waals surface area contributed by atoms with E-state index in [1.807, 2.05) is 30.3 Å². The van der Waals surface area contributed by atoms with E-state index in [-0.39, 0.29) is 17.3 Å². The first-order valence-corrected chi connectivity index (χ1v) is 15.5. The van der Waals surface area contributed by atoms with Crippen molar-refractivity contribution in [2.45, 2.75) is 17.1 Å². The van der Waals surface area contributed by atoms with Crippen LogP contribution in [0.2, 0.25) is 0 Å². The summed E-state index contributed by atoms with van der Waals surface area (Å²) in [5.74, 6) is -0.887. The summed E-state index contributed by atoms with van der Waals surface area (Å²) >= 11 is 4.48. The van der Waals surface area contributed by atoms with E-state index < -0.39 is 22.9 Å². The van der Waals surface area contributed by atoms with E-state index in [0.717, 1.165) is 10.5 Å². The average molecular weight is 685 g/mol. The molecule has 226 valence electrons. The van der Waals surface area contributed by atoms with Crippen LogP contribution < -0.4 is 16.0 Å². The third-order valence-electron chi connectivity index (χ3n) is 6.48. The minimum absolute atomic E-state index is 0.0123. The maximum Gasteiger partial charge on any atom is 0.272 e. The molecule has 0 spiro atoms. The summed E-state index contributed by atoms with van der Waals surface area (Å²) in [6.07, 6.45) is 1.47. The zero-order valence-electron chi connectivity index (χ0n) is 23.9. The van der Waals surface area contributed by atoms with Gasteiger partial charge in [-0.05, 0) is 73.7 Å². The Morgan fingerprint density at radius 1 is 0.844 bits per heavy atom. The lowest BCUT2D eigenvalue weighted by atomic mass is 10.2. The number of thioether (sulfide) groups is 1. The molecule has 1 unspecified atom stereocenters. The maximum atomic E-state index is 14.1. The Kier molecular flexibility index (Phi) is 10.3. The Balaban J connectivity index is 1.27. The number of hydrogen-bond acceptors (Lipinski definition) is 5. The average Bonchev–Trinajstić information content (AvgIpc) is 3.52. The van der Waals surface area contributed by atoms with Gasteiger partial charge in [0.2, 0.25) is 5.91 Å². The van der Waals surface area contributed by atoms with Gasteiger partial charge in [0.25, 0.3) is 11.8 Å². The van der Waals surface area contributed by atoms with Gasteiger partial charge in [0.15, 0.2) is 0 Å². The van der Waals surface area contributed by atoms with Crippen LogP contribution in [0.1, 0.15) is 23.0 Å². The fourth-order valence-electron chi connectivity index (χ4n) is 4.17. The number of rotatable bonds is 10. The second kappa shape index (κ2) is 14.7. The van der Waals surface area contributed by atoms with Gasteiger partial charge >= 0.3 is 0 Å². The Hall–Kier alpha value is -4.93. The second-order valence-electron chi connectivity index (χ2n) is 9.80. The van der Waals surface area contributed by atoms with Crippen molar-refractivity contribution < 1.29 is 23.2 Å². The Morgan fingerprint density at radius 2 is 1.53 bits per heavy atom. The summed E-state index contributed by atoms with van der Waals surface area (Å²) in [6.45, 7) is 1.72. The van der Waals surface area contributed by atoms with Crippen LogP contribution in [0.4, 0.5) is 15.8 Å². The van der Waals surface area contributed by atoms with E-state index in [1.54, 1.807) is 79.7 Å². The van der Waals surface area contributed by atoms with E-state index in [2.05, 4.69) is 31.9 Å². The van der Waals surface area contributed by atoms with Crippen LogP contribution in [-0.4, -0.2) is 23.0 Å². The van der Waals surface area contributed by atoms with Gasteiger partial charge in [-0.3, -0.25) is 14.4 Å². The standard InChI is InChI=1S/C35H27BrFN3O4S/c1-22(33(41)39-30-18-12-25(36)20-29(30)37)45-28-16-13-26(14-17-28)38-35(43)31(40-34(42)24-10-6-3-7-11-24)21-27-15-19-32(44-27)23-8-4-2-5-9-23/h2-22H,1H3,(H,38,43)(H,39,41)(H,40,42). The molecule has 0 saturated heterocycles. The number of carbonyl (C=O) groups excluding carboxylic acids is 3. The summed E-state index contributed by atoms with van der Waals surface area (Å²) in [4.78, 5) is 39.8. The van der Waals surface area contributed by atoms with Gasteiger partial charge < -0.3 is 20.4 Å². The molecule has 1 aromatic heterocycles. The molecule has 45 heavy (non-hydrogen) atoms. The van der Waals surface area contributed by atoms with Crippen LogP contribution >= 0.6 is 27.7 Å². The van der Waals surface area contributed by atoms with Crippen molar-refractivity contribution >= 4 is 62.9 Å². The molecule has 0 aliphatic rings. The first kappa shape index (κ1) is 31.5. The second-order valence-corrected chi connectivity index (χ2v) is 12.1. The fraction of sp³-hybridized carbons (Fsp3) is 0.0571. The summed E-state index contributed by atoms with van der Waals surface area (Å²) in [5.41, 5.74) is 1.83. The Morgan fingerprint density at radius 3 is 2.22 bits per heavy atom. The molecule has 3 N–H and O–H groups in total. The van der Waals surface area contributed by atoms with E-state index in [9.17, 15) is 18.8 Å². The maximum absolute atomic E-state index is 14.1. The molecule has 5 rings (SSSR count). The predicted molar refractivity (Wildman–Crippen MR) is 179 cm³/mol. The quantitative estimate of drug-likeness (QED) is 0.101. The highest BCUT2D eigenvalue weighted by atomic mass is 79.9. The number of amides is 3. The zero-order chi connectivity index (χ0) is 31.8. The molecule has 5 aromatic rings. The van der Waals surface area contributed by atoms with E-state index in [4.69, 9.17) is 4.42 Å². The van der Waals surface area contributed by atoms with Crippen molar-refractivity contribution in [3.05, 3.63) is 143 Å². The Labute approximate surface area is 272 Å². The van der Waals surface area contributed by atoms with Crippen molar-refractivity contribution in [2.24, 2.45) is 0 Å². The summed E-state index contributed by atoms with van der Waals surface area (Å²) in [7, 11) is 0. The lowest BCUT2D eigenvalue weighted by Gasteiger charge is -2.14. The zero-order valence-corrected chi connectivity index (χ0v) is 26.3. The van der Waals surface area contributed by atoms with Gasteiger partial charge in [0, 0.05) is 32.3 Å².